The smallest absolute Gasteiger partial charge is 0.407 e. The molecule has 0 aliphatic heterocycles. The SMILES string of the molecule is CC(C)(C)[Si](C)(C)Oc1cccc(NC(=O)CNC(=O)OCc2ccccc2)c1. The lowest BCUT2D eigenvalue weighted by Crippen LogP contribution is -2.43. The quantitative estimate of drug-likeness (QED) is 0.630. The number of anilines is 1. The molecule has 0 radical (unpaired) electrons. The van der Waals surface area contributed by atoms with E-state index in [1.165, 1.54) is 0 Å². The summed E-state index contributed by atoms with van der Waals surface area (Å²) in [6, 6.07) is 16.6. The highest BCUT2D eigenvalue weighted by Crippen LogP contribution is 2.37. The number of amides is 2. The molecule has 7 heteroatoms. The Morgan fingerprint density at radius 1 is 1.00 bits per heavy atom. The van der Waals surface area contributed by atoms with E-state index in [0.717, 1.165) is 11.3 Å². The highest BCUT2D eigenvalue weighted by molar-refractivity contribution is 6.74. The highest BCUT2D eigenvalue weighted by atomic mass is 28.4. The third-order valence-electron chi connectivity index (χ3n) is 4.90. The number of rotatable bonds is 7. The lowest BCUT2D eigenvalue weighted by molar-refractivity contribution is -0.115. The van der Waals surface area contributed by atoms with E-state index in [4.69, 9.17) is 9.16 Å². The van der Waals surface area contributed by atoms with Crippen LogP contribution in [0.15, 0.2) is 54.6 Å². The third kappa shape index (κ3) is 7.27. The molecule has 0 aromatic heterocycles. The Morgan fingerprint density at radius 2 is 1.69 bits per heavy atom. The zero-order chi connectivity index (χ0) is 21.5. The van der Waals surface area contributed by atoms with Gasteiger partial charge < -0.3 is 19.8 Å². The summed E-state index contributed by atoms with van der Waals surface area (Å²) in [5.41, 5.74) is 1.50. The molecule has 0 aliphatic carbocycles. The lowest BCUT2D eigenvalue weighted by Gasteiger charge is -2.36. The van der Waals surface area contributed by atoms with Crippen LogP contribution in [0.5, 0.6) is 5.75 Å². The number of hydrogen-bond acceptors (Lipinski definition) is 4. The fourth-order valence-corrected chi connectivity index (χ4v) is 3.24. The molecular weight excluding hydrogens is 384 g/mol. The van der Waals surface area contributed by atoms with E-state index < -0.39 is 14.4 Å². The molecule has 0 atom stereocenters. The maximum atomic E-state index is 12.1. The standard InChI is InChI=1S/C22H30N2O4Si/c1-22(2,3)29(4,5)28-19-13-9-12-18(14-19)24-20(25)15-23-21(26)27-16-17-10-7-6-8-11-17/h6-14H,15-16H2,1-5H3,(H,23,26)(H,24,25). The largest absolute Gasteiger partial charge is 0.543 e. The van der Waals surface area contributed by atoms with Crippen molar-refractivity contribution in [2.45, 2.75) is 45.5 Å². The summed E-state index contributed by atoms with van der Waals surface area (Å²) < 4.78 is 11.3. The van der Waals surface area contributed by atoms with Gasteiger partial charge in [-0.05, 0) is 35.8 Å². The summed E-state index contributed by atoms with van der Waals surface area (Å²) in [4.78, 5) is 23.9. The number of nitrogens with one attached hydrogen (secondary N) is 2. The number of benzene rings is 2. The molecule has 0 spiro atoms. The highest BCUT2D eigenvalue weighted by Gasteiger charge is 2.38. The molecule has 2 aromatic carbocycles. The van der Waals surface area contributed by atoms with Crippen molar-refractivity contribution in [2.24, 2.45) is 0 Å². The van der Waals surface area contributed by atoms with Crippen molar-refractivity contribution < 1.29 is 18.8 Å². The first-order chi connectivity index (χ1) is 13.6. The first-order valence-electron chi connectivity index (χ1n) is 9.60. The van der Waals surface area contributed by atoms with Gasteiger partial charge in [0, 0.05) is 11.8 Å². The zero-order valence-corrected chi connectivity index (χ0v) is 18.7. The molecule has 6 nitrogen and oxygen atoms in total. The summed E-state index contributed by atoms with van der Waals surface area (Å²) in [6.07, 6.45) is -0.640. The van der Waals surface area contributed by atoms with Crippen molar-refractivity contribution in [1.82, 2.24) is 5.32 Å². The summed E-state index contributed by atoms with van der Waals surface area (Å²) in [5.74, 6) is 0.385. The minimum absolute atomic E-state index is 0.0796. The maximum Gasteiger partial charge on any atom is 0.407 e. The Labute approximate surface area is 173 Å². The molecule has 2 N–H and O–H groups in total. The van der Waals surface area contributed by atoms with E-state index >= 15 is 0 Å². The number of alkyl carbamates (subject to hydrolysis) is 1. The molecule has 2 rings (SSSR count). The van der Waals surface area contributed by atoms with E-state index in [1.807, 2.05) is 42.5 Å². The molecule has 2 amide bonds. The van der Waals surface area contributed by atoms with Crippen LogP contribution in [0.2, 0.25) is 18.1 Å². The summed E-state index contributed by atoms with van der Waals surface area (Å²) >= 11 is 0. The van der Waals surface area contributed by atoms with Gasteiger partial charge in [-0.3, -0.25) is 4.79 Å². The number of carbonyl (C=O) groups excluding carboxylic acids is 2. The van der Waals surface area contributed by atoms with Crippen molar-refractivity contribution in [3.63, 3.8) is 0 Å². The average Bonchev–Trinajstić information content (AvgIpc) is 2.64. The van der Waals surface area contributed by atoms with E-state index in [-0.39, 0.29) is 24.1 Å². The molecular formula is C22H30N2O4Si. The van der Waals surface area contributed by atoms with Gasteiger partial charge in [0.05, 0.1) is 0 Å². The van der Waals surface area contributed by atoms with Gasteiger partial charge in [-0.1, -0.05) is 57.2 Å². The first-order valence-corrected chi connectivity index (χ1v) is 12.5. The van der Waals surface area contributed by atoms with Gasteiger partial charge in [0.2, 0.25) is 14.2 Å². The van der Waals surface area contributed by atoms with Gasteiger partial charge >= 0.3 is 6.09 Å². The molecule has 156 valence electrons. The fourth-order valence-electron chi connectivity index (χ4n) is 2.22. The Morgan fingerprint density at radius 3 is 2.34 bits per heavy atom. The second kappa shape index (κ2) is 9.60. The first kappa shape index (κ1) is 22.5. The van der Waals surface area contributed by atoms with Gasteiger partial charge in [0.1, 0.15) is 18.9 Å². The number of ether oxygens (including phenoxy) is 1. The molecule has 2 aromatic rings. The molecule has 0 heterocycles. The van der Waals surface area contributed by atoms with Crippen LogP contribution in [0.3, 0.4) is 0 Å². The van der Waals surface area contributed by atoms with Crippen LogP contribution in [-0.4, -0.2) is 26.9 Å². The zero-order valence-electron chi connectivity index (χ0n) is 17.7. The Hall–Kier alpha value is -2.80. The van der Waals surface area contributed by atoms with Crippen LogP contribution in [-0.2, 0) is 16.1 Å². The minimum atomic E-state index is -1.96. The van der Waals surface area contributed by atoms with Crippen LogP contribution >= 0.6 is 0 Å². The summed E-state index contributed by atoms with van der Waals surface area (Å²) in [7, 11) is -1.96. The topological polar surface area (TPSA) is 76.7 Å². The average molecular weight is 415 g/mol. The van der Waals surface area contributed by atoms with Crippen molar-refractivity contribution in [3.8, 4) is 5.75 Å². The van der Waals surface area contributed by atoms with Crippen LogP contribution in [0, 0.1) is 0 Å². The number of carbonyl (C=O) groups is 2. The predicted molar refractivity (Wildman–Crippen MR) is 118 cm³/mol. The molecule has 0 fully saturated rings. The molecule has 0 saturated carbocycles. The van der Waals surface area contributed by atoms with Gasteiger partial charge in [0.15, 0.2) is 0 Å². The monoisotopic (exact) mass is 414 g/mol. The minimum Gasteiger partial charge on any atom is -0.543 e. The van der Waals surface area contributed by atoms with Crippen LogP contribution < -0.4 is 15.1 Å². The second-order valence-electron chi connectivity index (χ2n) is 8.35. The van der Waals surface area contributed by atoms with E-state index in [0.29, 0.717) is 5.69 Å². The van der Waals surface area contributed by atoms with Gasteiger partial charge in [0.25, 0.3) is 0 Å². The molecule has 29 heavy (non-hydrogen) atoms. The van der Waals surface area contributed by atoms with E-state index in [1.54, 1.807) is 12.1 Å². The normalized spacial score (nSPS) is 11.5. The van der Waals surface area contributed by atoms with Crippen molar-refractivity contribution in [3.05, 3.63) is 60.2 Å². The molecule has 0 saturated heterocycles. The predicted octanol–water partition coefficient (Wildman–Crippen LogP) is 4.94. The van der Waals surface area contributed by atoms with E-state index in [9.17, 15) is 9.59 Å². The van der Waals surface area contributed by atoms with Gasteiger partial charge in [-0.15, -0.1) is 0 Å². The van der Waals surface area contributed by atoms with Gasteiger partial charge in [-0.25, -0.2) is 4.79 Å². The van der Waals surface area contributed by atoms with Crippen LogP contribution in [0.1, 0.15) is 26.3 Å². The van der Waals surface area contributed by atoms with Crippen molar-refractivity contribution >= 4 is 26.0 Å². The van der Waals surface area contributed by atoms with Crippen LogP contribution in [0.4, 0.5) is 10.5 Å². The molecule has 0 aliphatic rings. The fraction of sp³-hybridized carbons (Fsp3) is 0.364. The third-order valence-corrected chi connectivity index (χ3v) is 9.26. The number of hydrogen-bond donors (Lipinski definition) is 2. The second-order valence-corrected chi connectivity index (χ2v) is 13.1. The van der Waals surface area contributed by atoms with Gasteiger partial charge in [-0.2, -0.15) is 0 Å². The summed E-state index contributed by atoms with van der Waals surface area (Å²) in [6.45, 7) is 10.8. The lowest BCUT2D eigenvalue weighted by atomic mass is 10.2. The van der Waals surface area contributed by atoms with Crippen LogP contribution in [0.25, 0.3) is 0 Å². The Bertz CT molecular complexity index is 832. The summed E-state index contributed by atoms with van der Waals surface area (Å²) in [5, 5.41) is 5.29. The molecule has 0 bridgehead atoms. The van der Waals surface area contributed by atoms with Crippen molar-refractivity contribution in [2.75, 3.05) is 11.9 Å². The Balaban J connectivity index is 1.82. The molecule has 0 unspecified atom stereocenters. The van der Waals surface area contributed by atoms with Crippen molar-refractivity contribution in [1.29, 1.82) is 0 Å². The van der Waals surface area contributed by atoms with E-state index in [2.05, 4.69) is 44.5 Å². The maximum absolute atomic E-state index is 12.1. The Kier molecular flexibility index (Phi) is 7.45.